The molecular formula is C15H17N3O3. The number of anilines is 1. The normalized spacial score (nSPS) is 18.1. The van der Waals surface area contributed by atoms with Crippen molar-refractivity contribution in [2.75, 3.05) is 31.1 Å². The zero-order valence-electron chi connectivity index (χ0n) is 11.6. The van der Waals surface area contributed by atoms with E-state index in [2.05, 4.69) is 0 Å². The summed E-state index contributed by atoms with van der Waals surface area (Å²) in [5, 5.41) is 17.9. The van der Waals surface area contributed by atoms with Crippen molar-refractivity contribution >= 4 is 17.6 Å². The van der Waals surface area contributed by atoms with Gasteiger partial charge in [-0.2, -0.15) is 5.26 Å². The lowest BCUT2D eigenvalue weighted by Gasteiger charge is -2.23. The predicted octanol–water partition coefficient (Wildman–Crippen LogP) is 0.950. The van der Waals surface area contributed by atoms with Crippen LogP contribution in [-0.4, -0.2) is 48.1 Å². The number of nitriles is 1. The smallest absolute Gasteiger partial charge is 0.307 e. The van der Waals surface area contributed by atoms with E-state index in [4.69, 9.17) is 10.4 Å². The number of para-hydroxylation sites is 1. The van der Waals surface area contributed by atoms with Crippen LogP contribution in [0.1, 0.15) is 6.42 Å². The molecule has 1 aliphatic heterocycles. The highest BCUT2D eigenvalue weighted by Crippen LogP contribution is 2.18. The molecule has 6 heteroatoms. The molecule has 1 saturated heterocycles. The largest absolute Gasteiger partial charge is 0.481 e. The van der Waals surface area contributed by atoms with E-state index in [1.54, 1.807) is 12.1 Å². The van der Waals surface area contributed by atoms with E-state index in [0.717, 1.165) is 0 Å². The van der Waals surface area contributed by atoms with Crippen molar-refractivity contribution in [3.8, 4) is 6.07 Å². The topological polar surface area (TPSA) is 84.6 Å². The Morgan fingerprint density at radius 1 is 1.38 bits per heavy atom. The minimum Gasteiger partial charge on any atom is -0.481 e. The molecule has 1 N–H and O–H groups in total. The lowest BCUT2D eigenvalue weighted by molar-refractivity contribution is -0.141. The van der Waals surface area contributed by atoms with E-state index >= 15 is 0 Å². The lowest BCUT2D eigenvalue weighted by atomic mass is 10.1. The van der Waals surface area contributed by atoms with Crippen LogP contribution in [-0.2, 0) is 9.59 Å². The van der Waals surface area contributed by atoms with Crippen LogP contribution in [0.3, 0.4) is 0 Å². The van der Waals surface area contributed by atoms with Gasteiger partial charge in [-0.05, 0) is 25.1 Å². The Labute approximate surface area is 123 Å². The number of nitrogens with zero attached hydrogens (tertiary/aromatic N) is 3. The zero-order chi connectivity index (χ0) is 15.2. The molecule has 21 heavy (non-hydrogen) atoms. The Kier molecular flexibility index (Phi) is 4.90. The van der Waals surface area contributed by atoms with Crippen molar-refractivity contribution in [2.24, 2.45) is 5.92 Å². The number of likely N-dealkylation sites (tertiary alicyclic amines) is 1. The highest BCUT2D eigenvalue weighted by atomic mass is 16.4. The van der Waals surface area contributed by atoms with E-state index in [-0.39, 0.29) is 19.0 Å². The Morgan fingerprint density at radius 3 is 2.67 bits per heavy atom. The number of aliphatic carboxylic acids is 1. The van der Waals surface area contributed by atoms with E-state index in [9.17, 15) is 9.59 Å². The highest BCUT2D eigenvalue weighted by molar-refractivity contribution is 5.95. The molecule has 1 unspecified atom stereocenters. The Hall–Kier alpha value is -2.39. The molecule has 1 aliphatic rings. The van der Waals surface area contributed by atoms with E-state index in [1.807, 2.05) is 29.2 Å². The molecule has 1 aromatic carbocycles. The molecular weight excluding hydrogens is 270 g/mol. The number of rotatable bonds is 5. The second kappa shape index (κ2) is 6.86. The summed E-state index contributed by atoms with van der Waals surface area (Å²) in [7, 11) is 0. The quantitative estimate of drug-likeness (QED) is 0.815. The fourth-order valence-electron chi connectivity index (χ4n) is 2.46. The second-order valence-corrected chi connectivity index (χ2v) is 5.03. The van der Waals surface area contributed by atoms with Gasteiger partial charge in [0.25, 0.3) is 0 Å². The summed E-state index contributed by atoms with van der Waals surface area (Å²) in [4.78, 5) is 26.5. The van der Waals surface area contributed by atoms with Crippen LogP contribution in [0.2, 0.25) is 0 Å². The molecule has 1 aromatic rings. The molecule has 1 atom stereocenters. The third kappa shape index (κ3) is 3.80. The van der Waals surface area contributed by atoms with Crippen molar-refractivity contribution in [1.29, 1.82) is 5.26 Å². The molecule has 0 aromatic heterocycles. The van der Waals surface area contributed by atoms with Crippen LogP contribution >= 0.6 is 0 Å². The first kappa shape index (κ1) is 15.0. The van der Waals surface area contributed by atoms with Gasteiger partial charge in [-0.1, -0.05) is 18.2 Å². The van der Waals surface area contributed by atoms with Gasteiger partial charge in [-0.3, -0.25) is 19.4 Å². The first-order valence-electron chi connectivity index (χ1n) is 6.79. The summed E-state index contributed by atoms with van der Waals surface area (Å²) in [6.07, 6.45) is 0.562. The fraction of sp³-hybridized carbons (Fsp3) is 0.400. The van der Waals surface area contributed by atoms with Gasteiger partial charge < -0.3 is 5.11 Å². The summed E-state index contributed by atoms with van der Waals surface area (Å²) in [5.74, 6) is -1.41. The molecule has 110 valence electrons. The monoisotopic (exact) mass is 287 g/mol. The standard InChI is InChI=1S/C15H17N3O3/c16-7-9-18(13-4-2-1-3-5-13)14(19)11-17-8-6-12(10-17)15(20)21/h1-5,12H,6,8-11H2,(H,20,21). The first-order chi connectivity index (χ1) is 10.1. The van der Waals surface area contributed by atoms with Gasteiger partial charge in [0.2, 0.25) is 5.91 Å². The number of hydrogen-bond acceptors (Lipinski definition) is 4. The van der Waals surface area contributed by atoms with Crippen LogP contribution in [0.25, 0.3) is 0 Å². The number of carboxylic acids is 1. The number of hydrogen-bond donors (Lipinski definition) is 1. The number of carbonyl (C=O) groups is 2. The van der Waals surface area contributed by atoms with Crippen LogP contribution in [0.15, 0.2) is 30.3 Å². The average molecular weight is 287 g/mol. The van der Waals surface area contributed by atoms with E-state index < -0.39 is 11.9 Å². The maximum Gasteiger partial charge on any atom is 0.307 e. The molecule has 1 amide bonds. The fourth-order valence-corrected chi connectivity index (χ4v) is 2.46. The predicted molar refractivity (Wildman–Crippen MR) is 76.6 cm³/mol. The van der Waals surface area contributed by atoms with Gasteiger partial charge in [-0.25, -0.2) is 0 Å². The second-order valence-electron chi connectivity index (χ2n) is 5.03. The Balaban J connectivity index is 2.00. The van der Waals surface area contributed by atoms with E-state index in [1.165, 1.54) is 4.90 Å². The number of carbonyl (C=O) groups excluding carboxylic acids is 1. The SMILES string of the molecule is N#CCN(C(=O)CN1CCC(C(=O)O)C1)c1ccccc1. The minimum atomic E-state index is -0.818. The van der Waals surface area contributed by atoms with Crippen molar-refractivity contribution in [1.82, 2.24) is 4.90 Å². The van der Waals surface area contributed by atoms with Crippen molar-refractivity contribution in [3.63, 3.8) is 0 Å². The highest BCUT2D eigenvalue weighted by Gasteiger charge is 2.30. The number of benzene rings is 1. The van der Waals surface area contributed by atoms with Gasteiger partial charge in [-0.15, -0.1) is 0 Å². The summed E-state index contributed by atoms with van der Waals surface area (Å²) in [6, 6.07) is 11.0. The van der Waals surface area contributed by atoms with Gasteiger partial charge in [0.1, 0.15) is 6.54 Å². The molecule has 2 rings (SSSR count). The van der Waals surface area contributed by atoms with Crippen LogP contribution in [0.4, 0.5) is 5.69 Å². The summed E-state index contributed by atoms with van der Waals surface area (Å²) >= 11 is 0. The minimum absolute atomic E-state index is 0.0148. The summed E-state index contributed by atoms with van der Waals surface area (Å²) in [5.41, 5.74) is 0.679. The maximum absolute atomic E-state index is 12.4. The summed E-state index contributed by atoms with van der Waals surface area (Å²) < 4.78 is 0. The van der Waals surface area contributed by atoms with Crippen LogP contribution in [0, 0.1) is 17.2 Å². The molecule has 1 heterocycles. The van der Waals surface area contributed by atoms with Crippen LogP contribution < -0.4 is 4.90 Å². The molecule has 0 spiro atoms. The molecule has 0 radical (unpaired) electrons. The molecule has 1 fully saturated rings. The molecule has 0 aliphatic carbocycles. The molecule has 0 saturated carbocycles. The molecule has 6 nitrogen and oxygen atoms in total. The van der Waals surface area contributed by atoms with Crippen LogP contribution in [0.5, 0.6) is 0 Å². The number of carboxylic acid groups (broad SMARTS) is 1. The van der Waals surface area contributed by atoms with Gasteiger partial charge >= 0.3 is 5.97 Å². The average Bonchev–Trinajstić information content (AvgIpc) is 2.94. The maximum atomic E-state index is 12.4. The van der Waals surface area contributed by atoms with Crippen molar-refractivity contribution < 1.29 is 14.7 Å². The third-order valence-electron chi connectivity index (χ3n) is 3.58. The zero-order valence-corrected chi connectivity index (χ0v) is 11.6. The Morgan fingerprint density at radius 2 is 2.10 bits per heavy atom. The number of amides is 1. The van der Waals surface area contributed by atoms with E-state index in [0.29, 0.717) is 25.2 Å². The summed E-state index contributed by atoms with van der Waals surface area (Å²) in [6.45, 7) is 1.10. The van der Waals surface area contributed by atoms with Gasteiger partial charge in [0, 0.05) is 12.2 Å². The van der Waals surface area contributed by atoms with Crippen molar-refractivity contribution in [2.45, 2.75) is 6.42 Å². The third-order valence-corrected chi connectivity index (χ3v) is 3.58. The lowest BCUT2D eigenvalue weighted by Crippen LogP contribution is -2.40. The molecule has 0 bridgehead atoms. The van der Waals surface area contributed by atoms with Crippen molar-refractivity contribution in [3.05, 3.63) is 30.3 Å². The van der Waals surface area contributed by atoms with Gasteiger partial charge in [0.15, 0.2) is 0 Å². The van der Waals surface area contributed by atoms with Gasteiger partial charge in [0.05, 0.1) is 18.5 Å². The first-order valence-corrected chi connectivity index (χ1v) is 6.79. The Bertz CT molecular complexity index is 553.